The molecule has 0 unspecified atom stereocenters. The number of likely N-dealkylation sites (tertiary alicyclic amines) is 1. The number of nitrogens with one attached hydrogen (secondary N) is 1. The van der Waals surface area contributed by atoms with Crippen molar-refractivity contribution >= 4 is 11.7 Å². The maximum atomic E-state index is 12.6. The zero-order chi connectivity index (χ0) is 18.4. The maximum absolute atomic E-state index is 12.6. The largest absolute Gasteiger partial charge is 0.378 e. The molecule has 2 aromatic rings. The summed E-state index contributed by atoms with van der Waals surface area (Å²) < 4.78 is 7.62. The van der Waals surface area contributed by atoms with Gasteiger partial charge in [0, 0.05) is 19.7 Å². The number of nitrogens with two attached hydrogens (primary N) is 1. The van der Waals surface area contributed by atoms with Gasteiger partial charge in [0.25, 0.3) is 0 Å². The quantitative estimate of drug-likeness (QED) is 0.778. The number of carbonyl (C=O) groups excluding carboxylic acids is 1. The standard InChI is InChI=1S/C19H27N5O2/c1-15-18(14-21-24(15)16-6-3-2-4-7-16)22-19(25)23-11-8-17(9-12-23)26-13-5-10-20/h2-4,6-7,14,17H,5,8-13,20H2,1H3,(H,22,25). The van der Waals surface area contributed by atoms with E-state index in [4.69, 9.17) is 10.5 Å². The fourth-order valence-corrected chi connectivity index (χ4v) is 3.11. The summed E-state index contributed by atoms with van der Waals surface area (Å²) in [5, 5.41) is 7.37. The van der Waals surface area contributed by atoms with Crippen LogP contribution in [0.1, 0.15) is 25.0 Å². The van der Waals surface area contributed by atoms with Crippen molar-refractivity contribution in [2.45, 2.75) is 32.3 Å². The Balaban J connectivity index is 1.54. The highest BCUT2D eigenvalue weighted by Crippen LogP contribution is 2.20. The lowest BCUT2D eigenvalue weighted by atomic mass is 10.1. The molecule has 3 rings (SSSR count). The van der Waals surface area contributed by atoms with E-state index in [2.05, 4.69) is 10.4 Å². The summed E-state index contributed by atoms with van der Waals surface area (Å²) in [5.41, 5.74) is 8.10. The Labute approximate surface area is 154 Å². The van der Waals surface area contributed by atoms with E-state index in [1.54, 1.807) is 6.20 Å². The van der Waals surface area contributed by atoms with Gasteiger partial charge in [-0.1, -0.05) is 18.2 Å². The van der Waals surface area contributed by atoms with Crippen LogP contribution in [0, 0.1) is 6.92 Å². The van der Waals surface area contributed by atoms with Gasteiger partial charge < -0.3 is 20.7 Å². The van der Waals surface area contributed by atoms with E-state index in [0.717, 1.165) is 36.3 Å². The van der Waals surface area contributed by atoms with Crippen molar-refractivity contribution in [1.82, 2.24) is 14.7 Å². The van der Waals surface area contributed by atoms with Crippen molar-refractivity contribution in [3.05, 3.63) is 42.2 Å². The van der Waals surface area contributed by atoms with Gasteiger partial charge >= 0.3 is 6.03 Å². The number of urea groups is 1. The lowest BCUT2D eigenvalue weighted by Crippen LogP contribution is -2.43. The first-order valence-corrected chi connectivity index (χ1v) is 9.16. The second-order valence-electron chi connectivity index (χ2n) is 6.52. The Kier molecular flexibility index (Phi) is 6.25. The Bertz CT molecular complexity index is 708. The molecule has 2 heterocycles. The minimum atomic E-state index is -0.0823. The van der Waals surface area contributed by atoms with E-state index in [1.165, 1.54) is 0 Å². The molecule has 1 saturated heterocycles. The predicted octanol–water partition coefficient (Wildman–Crippen LogP) is 2.54. The van der Waals surface area contributed by atoms with Crippen LogP contribution in [0.2, 0.25) is 0 Å². The molecule has 26 heavy (non-hydrogen) atoms. The van der Waals surface area contributed by atoms with Crippen molar-refractivity contribution in [3.63, 3.8) is 0 Å². The molecule has 1 aromatic heterocycles. The summed E-state index contributed by atoms with van der Waals surface area (Å²) in [7, 11) is 0. The predicted molar refractivity (Wildman–Crippen MR) is 102 cm³/mol. The summed E-state index contributed by atoms with van der Waals surface area (Å²) in [6, 6.07) is 9.79. The molecule has 140 valence electrons. The van der Waals surface area contributed by atoms with Crippen molar-refractivity contribution in [1.29, 1.82) is 0 Å². The van der Waals surface area contributed by atoms with E-state index >= 15 is 0 Å². The molecule has 7 heteroatoms. The average Bonchev–Trinajstić information content (AvgIpc) is 3.03. The van der Waals surface area contributed by atoms with Crippen LogP contribution in [0.5, 0.6) is 0 Å². The molecule has 1 aliphatic heterocycles. The molecule has 2 amide bonds. The van der Waals surface area contributed by atoms with Crippen LogP contribution in [-0.2, 0) is 4.74 Å². The van der Waals surface area contributed by atoms with E-state index in [-0.39, 0.29) is 12.1 Å². The van der Waals surface area contributed by atoms with Gasteiger partial charge in [-0.05, 0) is 44.9 Å². The fourth-order valence-electron chi connectivity index (χ4n) is 3.11. The number of carbonyl (C=O) groups is 1. The topological polar surface area (TPSA) is 85.4 Å². The van der Waals surface area contributed by atoms with Crippen molar-refractivity contribution < 1.29 is 9.53 Å². The second kappa shape index (κ2) is 8.82. The molecule has 0 atom stereocenters. The minimum absolute atomic E-state index is 0.0823. The molecule has 0 bridgehead atoms. The Morgan fingerprint density at radius 2 is 2.04 bits per heavy atom. The summed E-state index contributed by atoms with van der Waals surface area (Å²) in [6.45, 7) is 4.70. The SMILES string of the molecule is Cc1c(NC(=O)N2CCC(OCCCN)CC2)cnn1-c1ccccc1. The number of rotatable bonds is 6. The van der Waals surface area contributed by atoms with E-state index in [1.807, 2.05) is 46.8 Å². The second-order valence-corrected chi connectivity index (χ2v) is 6.52. The van der Waals surface area contributed by atoms with Gasteiger partial charge in [0.05, 0.1) is 29.4 Å². The van der Waals surface area contributed by atoms with E-state index in [0.29, 0.717) is 26.2 Å². The lowest BCUT2D eigenvalue weighted by Gasteiger charge is -2.31. The molecule has 0 spiro atoms. The number of anilines is 1. The fraction of sp³-hybridized carbons (Fsp3) is 0.474. The first-order chi connectivity index (χ1) is 12.7. The minimum Gasteiger partial charge on any atom is -0.378 e. The lowest BCUT2D eigenvalue weighted by molar-refractivity contribution is 0.0156. The highest BCUT2D eigenvalue weighted by molar-refractivity contribution is 5.89. The van der Waals surface area contributed by atoms with Gasteiger partial charge in [-0.15, -0.1) is 0 Å². The molecular weight excluding hydrogens is 330 g/mol. The first-order valence-electron chi connectivity index (χ1n) is 9.16. The molecular formula is C19H27N5O2. The Hall–Kier alpha value is -2.38. The highest BCUT2D eigenvalue weighted by atomic mass is 16.5. The van der Waals surface area contributed by atoms with E-state index in [9.17, 15) is 4.79 Å². The number of ether oxygens (including phenoxy) is 1. The van der Waals surface area contributed by atoms with Crippen molar-refractivity contribution in [3.8, 4) is 5.69 Å². The van der Waals surface area contributed by atoms with Crippen LogP contribution in [-0.4, -0.2) is 53.1 Å². The Morgan fingerprint density at radius 3 is 2.73 bits per heavy atom. The molecule has 1 aliphatic rings. The molecule has 7 nitrogen and oxygen atoms in total. The van der Waals surface area contributed by atoms with E-state index < -0.39 is 0 Å². The molecule has 1 fully saturated rings. The maximum Gasteiger partial charge on any atom is 0.321 e. The smallest absolute Gasteiger partial charge is 0.321 e. The van der Waals surface area contributed by atoms with Gasteiger partial charge in [0.1, 0.15) is 0 Å². The third kappa shape index (κ3) is 4.42. The van der Waals surface area contributed by atoms with Crippen molar-refractivity contribution in [2.75, 3.05) is 31.6 Å². The van der Waals surface area contributed by atoms with Gasteiger partial charge in [0.15, 0.2) is 0 Å². The average molecular weight is 357 g/mol. The number of nitrogens with zero attached hydrogens (tertiary/aromatic N) is 3. The number of para-hydroxylation sites is 1. The summed E-state index contributed by atoms with van der Waals surface area (Å²) in [5.74, 6) is 0. The van der Waals surface area contributed by atoms with Gasteiger partial charge in [0.2, 0.25) is 0 Å². The monoisotopic (exact) mass is 357 g/mol. The summed E-state index contributed by atoms with van der Waals surface area (Å²) in [4.78, 5) is 14.4. The Morgan fingerprint density at radius 1 is 1.31 bits per heavy atom. The van der Waals surface area contributed by atoms with Crippen LogP contribution in [0.3, 0.4) is 0 Å². The normalized spacial score (nSPS) is 15.2. The van der Waals surface area contributed by atoms with Crippen molar-refractivity contribution in [2.24, 2.45) is 5.73 Å². The molecule has 0 radical (unpaired) electrons. The third-order valence-electron chi connectivity index (χ3n) is 4.68. The number of piperidine rings is 1. The number of hydrogen-bond donors (Lipinski definition) is 2. The van der Waals surface area contributed by atoms with Crippen LogP contribution in [0.25, 0.3) is 5.69 Å². The van der Waals surface area contributed by atoms with Crippen LogP contribution >= 0.6 is 0 Å². The van der Waals surface area contributed by atoms with Gasteiger partial charge in [-0.2, -0.15) is 5.10 Å². The zero-order valence-electron chi connectivity index (χ0n) is 15.2. The summed E-state index contributed by atoms with van der Waals surface area (Å²) >= 11 is 0. The first kappa shape index (κ1) is 18.4. The summed E-state index contributed by atoms with van der Waals surface area (Å²) in [6.07, 6.45) is 4.53. The molecule has 3 N–H and O–H groups in total. The number of hydrogen-bond acceptors (Lipinski definition) is 4. The van der Waals surface area contributed by atoms with Crippen LogP contribution in [0.15, 0.2) is 36.5 Å². The number of benzene rings is 1. The third-order valence-corrected chi connectivity index (χ3v) is 4.68. The zero-order valence-corrected chi connectivity index (χ0v) is 15.2. The number of amides is 2. The highest BCUT2D eigenvalue weighted by Gasteiger charge is 2.24. The molecule has 1 aromatic carbocycles. The van der Waals surface area contributed by atoms with Gasteiger partial charge in [-0.25, -0.2) is 9.48 Å². The van der Waals surface area contributed by atoms with Gasteiger partial charge in [-0.3, -0.25) is 0 Å². The molecule has 0 saturated carbocycles. The molecule has 0 aliphatic carbocycles. The van der Waals surface area contributed by atoms with Crippen LogP contribution < -0.4 is 11.1 Å². The van der Waals surface area contributed by atoms with Crippen LogP contribution in [0.4, 0.5) is 10.5 Å². The number of aromatic nitrogens is 2.